The number of rotatable bonds is 1. The van der Waals surface area contributed by atoms with Gasteiger partial charge in [-0.25, -0.2) is 0 Å². The predicted octanol–water partition coefficient (Wildman–Crippen LogP) is 2.72. The molecule has 0 amide bonds. The summed E-state index contributed by atoms with van der Waals surface area (Å²) in [4.78, 5) is 1.30. The molecule has 0 fully saturated rings. The summed E-state index contributed by atoms with van der Waals surface area (Å²) in [6.45, 7) is 0. The lowest BCUT2D eigenvalue weighted by molar-refractivity contribution is 0.315. The van der Waals surface area contributed by atoms with Crippen LogP contribution in [0.5, 0.6) is 0 Å². The molecule has 1 heterocycles. The van der Waals surface area contributed by atoms with Gasteiger partial charge in [-0.05, 0) is 18.2 Å². The van der Waals surface area contributed by atoms with Crippen LogP contribution >= 0.6 is 23.2 Å². The molecule has 9 heteroatoms. The number of oxime groups is 2. The van der Waals surface area contributed by atoms with Crippen LogP contribution in [0.25, 0.3) is 5.69 Å². The first-order valence-corrected chi connectivity index (χ1v) is 6.75. The molecule has 108 valence electrons. The lowest BCUT2D eigenvalue weighted by Crippen LogP contribution is -2.18. The third-order valence-electron chi connectivity index (χ3n) is 3.13. The van der Waals surface area contributed by atoms with Gasteiger partial charge >= 0.3 is 0 Å². The second-order valence-electron chi connectivity index (χ2n) is 4.38. The third kappa shape index (κ3) is 2.34. The quantitative estimate of drug-likeness (QED) is 0.622. The average Bonchev–Trinajstić information content (AvgIpc) is 2.90. The minimum atomic E-state index is 0.363. The second-order valence-corrected chi connectivity index (χ2v) is 5.22. The van der Waals surface area contributed by atoms with Crippen molar-refractivity contribution < 1.29 is 10.4 Å². The van der Waals surface area contributed by atoms with Crippen LogP contribution in [0.3, 0.4) is 0 Å². The van der Waals surface area contributed by atoms with Gasteiger partial charge in [0.15, 0.2) is 0 Å². The van der Waals surface area contributed by atoms with Crippen molar-refractivity contribution in [2.24, 2.45) is 10.3 Å². The first kappa shape index (κ1) is 13.8. The SMILES string of the molecule is ON=C1CCC(=NO)c2nn(-c3ccc(Cl)cc3Cl)nc21. The van der Waals surface area contributed by atoms with Crippen LogP contribution in [0.15, 0.2) is 28.5 Å². The van der Waals surface area contributed by atoms with E-state index in [1.54, 1.807) is 18.2 Å². The van der Waals surface area contributed by atoms with Crippen molar-refractivity contribution in [2.45, 2.75) is 12.8 Å². The fourth-order valence-corrected chi connectivity index (χ4v) is 2.60. The van der Waals surface area contributed by atoms with Crippen molar-refractivity contribution in [3.8, 4) is 5.69 Å². The molecule has 0 saturated carbocycles. The molecule has 0 spiro atoms. The Hall–Kier alpha value is -2.12. The fourth-order valence-electron chi connectivity index (χ4n) is 2.11. The van der Waals surface area contributed by atoms with Crippen LogP contribution in [-0.4, -0.2) is 36.8 Å². The highest BCUT2D eigenvalue weighted by molar-refractivity contribution is 6.35. The van der Waals surface area contributed by atoms with E-state index >= 15 is 0 Å². The van der Waals surface area contributed by atoms with E-state index in [1.165, 1.54) is 4.80 Å². The molecule has 0 unspecified atom stereocenters. The molecular formula is C12H9Cl2N5O2. The molecule has 0 radical (unpaired) electrons. The van der Waals surface area contributed by atoms with E-state index in [4.69, 9.17) is 33.6 Å². The summed E-state index contributed by atoms with van der Waals surface area (Å²) in [7, 11) is 0. The minimum absolute atomic E-state index is 0.363. The molecule has 0 aliphatic heterocycles. The van der Waals surface area contributed by atoms with Gasteiger partial charge in [0.1, 0.15) is 28.5 Å². The van der Waals surface area contributed by atoms with Crippen molar-refractivity contribution in [3.05, 3.63) is 39.6 Å². The van der Waals surface area contributed by atoms with Crippen LogP contribution < -0.4 is 0 Å². The van der Waals surface area contributed by atoms with Crippen LogP contribution in [0.2, 0.25) is 10.0 Å². The van der Waals surface area contributed by atoms with Gasteiger partial charge in [-0.1, -0.05) is 33.5 Å². The highest BCUT2D eigenvalue weighted by Gasteiger charge is 2.28. The Kier molecular flexibility index (Phi) is 3.52. The Morgan fingerprint density at radius 1 is 1.00 bits per heavy atom. The monoisotopic (exact) mass is 325 g/mol. The van der Waals surface area contributed by atoms with Gasteiger partial charge in [0.25, 0.3) is 0 Å². The van der Waals surface area contributed by atoms with Crippen molar-refractivity contribution in [2.75, 3.05) is 0 Å². The summed E-state index contributed by atoms with van der Waals surface area (Å²) >= 11 is 12.0. The Morgan fingerprint density at radius 3 is 2.05 bits per heavy atom. The molecule has 1 aliphatic rings. The average molecular weight is 326 g/mol. The second kappa shape index (κ2) is 5.34. The Bertz CT molecular complexity index is 732. The van der Waals surface area contributed by atoms with Gasteiger partial charge in [0, 0.05) is 17.9 Å². The smallest absolute Gasteiger partial charge is 0.140 e. The van der Waals surface area contributed by atoms with E-state index in [2.05, 4.69) is 20.5 Å². The van der Waals surface area contributed by atoms with Crippen LogP contribution in [0, 0.1) is 0 Å². The minimum Gasteiger partial charge on any atom is -0.411 e. The molecule has 21 heavy (non-hydrogen) atoms. The highest BCUT2D eigenvalue weighted by atomic mass is 35.5. The van der Waals surface area contributed by atoms with Gasteiger partial charge in [-0.2, -0.15) is 0 Å². The van der Waals surface area contributed by atoms with Crippen LogP contribution in [-0.2, 0) is 0 Å². The van der Waals surface area contributed by atoms with Crippen LogP contribution in [0.1, 0.15) is 24.2 Å². The van der Waals surface area contributed by atoms with Gasteiger partial charge < -0.3 is 10.4 Å². The zero-order valence-electron chi connectivity index (χ0n) is 10.5. The number of aromatic nitrogens is 3. The first-order chi connectivity index (χ1) is 10.1. The van der Waals surface area contributed by atoms with Gasteiger partial charge in [0.2, 0.25) is 0 Å². The van der Waals surface area contributed by atoms with Crippen molar-refractivity contribution in [1.29, 1.82) is 0 Å². The lowest BCUT2D eigenvalue weighted by atomic mass is 9.97. The van der Waals surface area contributed by atoms with E-state index in [9.17, 15) is 0 Å². The third-order valence-corrected chi connectivity index (χ3v) is 3.66. The van der Waals surface area contributed by atoms with E-state index in [0.717, 1.165) is 0 Å². The largest absolute Gasteiger partial charge is 0.411 e. The maximum absolute atomic E-state index is 9.03. The zero-order chi connectivity index (χ0) is 15.0. The molecule has 2 N–H and O–H groups in total. The molecule has 0 atom stereocenters. The van der Waals surface area contributed by atoms with E-state index in [-0.39, 0.29) is 0 Å². The van der Waals surface area contributed by atoms with Crippen LogP contribution in [0.4, 0.5) is 0 Å². The maximum atomic E-state index is 9.03. The summed E-state index contributed by atoms with van der Waals surface area (Å²) in [5.41, 5.74) is 2.01. The number of halogens is 2. The molecule has 3 rings (SSSR count). The molecular weight excluding hydrogens is 317 g/mol. The summed E-state index contributed by atoms with van der Waals surface area (Å²) in [5, 5.41) is 33.9. The van der Waals surface area contributed by atoms with Gasteiger partial charge in [-0.3, -0.25) is 0 Å². The first-order valence-electron chi connectivity index (χ1n) is 5.99. The predicted molar refractivity (Wildman–Crippen MR) is 77.3 cm³/mol. The summed E-state index contributed by atoms with van der Waals surface area (Å²) in [6, 6.07) is 4.90. The summed E-state index contributed by atoms with van der Waals surface area (Å²) in [6.07, 6.45) is 0.825. The zero-order valence-corrected chi connectivity index (χ0v) is 12.0. The Morgan fingerprint density at radius 2 is 1.57 bits per heavy atom. The van der Waals surface area contributed by atoms with E-state index in [1.807, 2.05) is 0 Å². The molecule has 1 aliphatic carbocycles. The standard InChI is InChI=1S/C12H9Cl2N5O2/c13-6-1-4-10(7(14)5-6)19-15-11-8(17-20)2-3-9(18-21)12(11)16-19/h1,4-5,20-21H,2-3H2. The van der Waals surface area contributed by atoms with E-state index in [0.29, 0.717) is 51.4 Å². The summed E-state index contributed by atoms with van der Waals surface area (Å²) < 4.78 is 0. The van der Waals surface area contributed by atoms with Crippen molar-refractivity contribution in [3.63, 3.8) is 0 Å². The molecule has 1 aromatic heterocycles. The van der Waals surface area contributed by atoms with Crippen molar-refractivity contribution in [1.82, 2.24) is 15.0 Å². The Balaban J connectivity index is 2.17. The van der Waals surface area contributed by atoms with Gasteiger partial charge in [-0.15, -0.1) is 15.0 Å². The Labute approximate surface area is 129 Å². The number of hydrogen-bond donors (Lipinski definition) is 2. The highest BCUT2D eigenvalue weighted by Crippen LogP contribution is 2.25. The fraction of sp³-hybridized carbons (Fsp3) is 0.167. The summed E-state index contributed by atoms with van der Waals surface area (Å²) in [5.74, 6) is 0. The number of benzene rings is 1. The number of nitrogens with zero attached hydrogens (tertiary/aromatic N) is 5. The van der Waals surface area contributed by atoms with Crippen molar-refractivity contribution >= 4 is 34.6 Å². The molecule has 0 saturated heterocycles. The molecule has 1 aromatic carbocycles. The maximum Gasteiger partial charge on any atom is 0.140 e. The lowest BCUT2D eigenvalue weighted by Gasteiger charge is -2.09. The molecule has 2 aromatic rings. The number of fused-ring (bicyclic) bond motifs is 1. The molecule has 0 bridgehead atoms. The van der Waals surface area contributed by atoms with E-state index < -0.39 is 0 Å². The normalized spacial score (nSPS) is 18.2. The van der Waals surface area contributed by atoms with Gasteiger partial charge in [0.05, 0.1) is 5.02 Å². The number of hydrogen-bond acceptors (Lipinski definition) is 6. The molecule has 7 nitrogen and oxygen atoms in total. The topological polar surface area (TPSA) is 95.9 Å².